The SMILES string of the molecule is CC[C@@H](C(=O)N[C@@H](CC(=O)O)C(=O)CSCc1ccccc1)n1ccnc(NCCCc2nc(C)no2)c1=O.[HH].[HH]. The minimum Gasteiger partial charge on any atom is -0.481 e. The zero-order valence-corrected chi connectivity index (χ0v) is 22.6. The number of hydrogen-bond acceptors (Lipinski definition) is 10. The first-order valence-electron chi connectivity index (χ1n) is 12.5. The van der Waals surface area contributed by atoms with Crippen molar-refractivity contribution in [1.29, 1.82) is 0 Å². The number of aromatic nitrogens is 4. The molecule has 13 heteroatoms. The number of aliphatic carboxylic acids is 1. The van der Waals surface area contributed by atoms with Crippen molar-refractivity contribution >= 4 is 35.2 Å². The van der Waals surface area contributed by atoms with E-state index in [9.17, 15) is 24.3 Å². The third kappa shape index (κ3) is 9.06. The molecule has 0 fully saturated rings. The van der Waals surface area contributed by atoms with Crippen molar-refractivity contribution in [2.75, 3.05) is 17.6 Å². The van der Waals surface area contributed by atoms with E-state index in [1.807, 2.05) is 30.3 Å². The number of aryl methyl sites for hydroxylation is 2. The van der Waals surface area contributed by atoms with Crippen molar-refractivity contribution in [1.82, 2.24) is 25.0 Å². The number of hydrogen-bond donors (Lipinski definition) is 3. The lowest BCUT2D eigenvalue weighted by atomic mass is 10.1. The number of Topliss-reactive ketones (excluding diaryl/α,β-unsaturated/α-hetero) is 1. The first-order chi connectivity index (χ1) is 18.8. The number of nitrogens with zero attached hydrogens (tertiary/aromatic N) is 4. The fourth-order valence-corrected chi connectivity index (χ4v) is 4.75. The smallest absolute Gasteiger partial charge is 0.305 e. The van der Waals surface area contributed by atoms with Gasteiger partial charge in [-0.05, 0) is 25.3 Å². The second-order valence-corrected chi connectivity index (χ2v) is 9.77. The van der Waals surface area contributed by atoms with Gasteiger partial charge in [-0.1, -0.05) is 42.4 Å². The van der Waals surface area contributed by atoms with Crippen molar-refractivity contribution < 1.29 is 26.9 Å². The summed E-state index contributed by atoms with van der Waals surface area (Å²) in [6, 6.07) is 7.39. The van der Waals surface area contributed by atoms with E-state index in [-0.39, 0.29) is 20.8 Å². The molecule has 212 valence electrons. The molecule has 2 atom stereocenters. The first-order valence-corrected chi connectivity index (χ1v) is 13.7. The van der Waals surface area contributed by atoms with Gasteiger partial charge < -0.3 is 20.3 Å². The molecule has 0 aliphatic heterocycles. The Hall–Kier alpha value is -4.00. The van der Waals surface area contributed by atoms with Crippen molar-refractivity contribution in [2.45, 2.75) is 57.4 Å². The minimum absolute atomic E-state index is 0. The third-order valence-corrected chi connectivity index (χ3v) is 6.79. The highest BCUT2D eigenvalue weighted by atomic mass is 32.2. The lowest BCUT2D eigenvalue weighted by Crippen LogP contribution is -2.47. The van der Waals surface area contributed by atoms with E-state index in [0.717, 1.165) is 5.56 Å². The summed E-state index contributed by atoms with van der Waals surface area (Å²) in [6.45, 7) is 3.86. The molecule has 1 amide bonds. The van der Waals surface area contributed by atoms with Crippen LogP contribution in [0, 0.1) is 6.92 Å². The monoisotopic (exact) mass is 560 g/mol. The lowest BCUT2D eigenvalue weighted by Gasteiger charge is -2.22. The van der Waals surface area contributed by atoms with Gasteiger partial charge >= 0.3 is 5.97 Å². The quantitative estimate of drug-likeness (QED) is 0.220. The highest BCUT2D eigenvalue weighted by molar-refractivity contribution is 7.99. The van der Waals surface area contributed by atoms with Crippen molar-refractivity contribution in [2.24, 2.45) is 0 Å². The summed E-state index contributed by atoms with van der Waals surface area (Å²) in [6.07, 6.45) is 3.62. The summed E-state index contributed by atoms with van der Waals surface area (Å²) in [5.74, 6) is -0.491. The topological polar surface area (TPSA) is 169 Å². The molecule has 3 rings (SSSR count). The molecule has 0 aliphatic carbocycles. The number of benzene rings is 1. The Morgan fingerprint density at radius 3 is 2.67 bits per heavy atom. The maximum absolute atomic E-state index is 13.2. The van der Waals surface area contributed by atoms with E-state index in [4.69, 9.17) is 4.52 Å². The number of ketones is 1. The van der Waals surface area contributed by atoms with Crippen LogP contribution in [-0.2, 0) is 26.6 Å². The van der Waals surface area contributed by atoms with Gasteiger partial charge in [0.15, 0.2) is 17.4 Å². The predicted molar refractivity (Wildman–Crippen MR) is 150 cm³/mol. The van der Waals surface area contributed by atoms with Crippen LogP contribution in [0.15, 0.2) is 52.0 Å². The van der Waals surface area contributed by atoms with Gasteiger partial charge in [-0.15, -0.1) is 11.8 Å². The van der Waals surface area contributed by atoms with Crippen molar-refractivity contribution in [3.05, 3.63) is 70.4 Å². The summed E-state index contributed by atoms with van der Waals surface area (Å²) < 4.78 is 6.30. The van der Waals surface area contributed by atoms with E-state index in [2.05, 4.69) is 25.8 Å². The fraction of sp³-hybridized carbons (Fsp3) is 0.423. The number of carboxylic acids is 1. The number of carbonyl (C=O) groups is 3. The number of carbonyl (C=O) groups excluding carboxylic acids is 2. The first kappa shape index (κ1) is 29.6. The minimum atomic E-state index is -1.21. The lowest BCUT2D eigenvalue weighted by molar-refractivity contribution is -0.140. The maximum Gasteiger partial charge on any atom is 0.305 e. The van der Waals surface area contributed by atoms with Gasteiger partial charge in [0.1, 0.15) is 6.04 Å². The van der Waals surface area contributed by atoms with E-state index in [0.29, 0.717) is 36.9 Å². The molecule has 0 radical (unpaired) electrons. The van der Waals surface area contributed by atoms with Crippen LogP contribution >= 0.6 is 11.8 Å². The van der Waals surface area contributed by atoms with Crippen LogP contribution in [0.2, 0.25) is 0 Å². The van der Waals surface area contributed by atoms with Crippen LogP contribution in [-0.4, -0.2) is 60.8 Å². The highest BCUT2D eigenvalue weighted by Crippen LogP contribution is 2.15. The van der Waals surface area contributed by atoms with Crippen LogP contribution in [0.1, 0.15) is 52.4 Å². The molecule has 0 unspecified atom stereocenters. The standard InChI is InChI=1S/C26H32N6O6S.2H2/c1-3-20(32-13-12-28-24(26(32)37)27-11-7-10-22-29-17(2)31-38-22)25(36)30-19(14-23(34)35)21(33)16-39-15-18-8-5-4-6-9-18;;/h4-6,8-9,12-13,19-20H,3,7,10-11,14-16H2,1-2H3,(H,27,28)(H,30,36)(H,34,35);2*1H/t19-,20-;;/m0../s1. The van der Waals surface area contributed by atoms with Gasteiger partial charge in [0, 0.05) is 34.0 Å². The van der Waals surface area contributed by atoms with E-state index < -0.39 is 41.7 Å². The molecular weight excluding hydrogens is 524 g/mol. The van der Waals surface area contributed by atoms with Crippen molar-refractivity contribution in [3.63, 3.8) is 0 Å². The maximum atomic E-state index is 13.2. The molecule has 0 saturated carbocycles. The Bertz CT molecular complexity index is 1320. The number of amides is 1. The number of anilines is 1. The van der Waals surface area contributed by atoms with E-state index >= 15 is 0 Å². The Morgan fingerprint density at radius 2 is 2.00 bits per heavy atom. The summed E-state index contributed by atoms with van der Waals surface area (Å²) >= 11 is 1.34. The summed E-state index contributed by atoms with van der Waals surface area (Å²) in [5, 5.41) is 18.6. The average molecular weight is 561 g/mol. The number of rotatable bonds is 16. The van der Waals surface area contributed by atoms with Crippen LogP contribution < -0.4 is 16.2 Å². The summed E-state index contributed by atoms with van der Waals surface area (Å²) in [4.78, 5) is 58.7. The number of carboxylic acid groups (broad SMARTS) is 1. The van der Waals surface area contributed by atoms with Crippen LogP contribution in [0.5, 0.6) is 0 Å². The van der Waals surface area contributed by atoms with Crippen molar-refractivity contribution in [3.8, 4) is 0 Å². The molecule has 0 saturated heterocycles. The molecule has 0 bridgehead atoms. The molecule has 3 aromatic rings. The van der Waals surface area contributed by atoms with Crippen LogP contribution in [0.4, 0.5) is 5.82 Å². The molecule has 12 nitrogen and oxygen atoms in total. The zero-order valence-electron chi connectivity index (χ0n) is 21.8. The summed E-state index contributed by atoms with van der Waals surface area (Å²) in [5.41, 5.74) is 0.527. The van der Waals surface area contributed by atoms with E-state index in [1.54, 1.807) is 13.8 Å². The Morgan fingerprint density at radius 1 is 1.23 bits per heavy atom. The van der Waals surface area contributed by atoms with Crippen LogP contribution in [0.25, 0.3) is 0 Å². The van der Waals surface area contributed by atoms with E-state index in [1.165, 1.54) is 28.7 Å². The molecule has 39 heavy (non-hydrogen) atoms. The number of thioether (sulfide) groups is 1. The number of nitrogens with one attached hydrogen (secondary N) is 2. The Labute approximate surface area is 232 Å². The molecule has 0 spiro atoms. The zero-order chi connectivity index (χ0) is 28.2. The molecule has 2 aromatic heterocycles. The molecule has 2 heterocycles. The summed E-state index contributed by atoms with van der Waals surface area (Å²) in [7, 11) is 0. The predicted octanol–water partition coefficient (Wildman–Crippen LogP) is 2.88. The second-order valence-electron chi connectivity index (χ2n) is 8.78. The van der Waals surface area contributed by atoms with Gasteiger partial charge in [-0.2, -0.15) is 4.98 Å². The van der Waals surface area contributed by atoms with Gasteiger partial charge in [-0.25, -0.2) is 4.98 Å². The van der Waals surface area contributed by atoms with Gasteiger partial charge in [0.25, 0.3) is 5.56 Å². The normalized spacial score (nSPS) is 12.5. The molecule has 1 aromatic carbocycles. The van der Waals surface area contributed by atoms with Gasteiger partial charge in [0.2, 0.25) is 11.8 Å². The van der Waals surface area contributed by atoms with Crippen LogP contribution in [0.3, 0.4) is 0 Å². The highest BCUT2D eigenvalue weighted by Gasteiger charge is 2.28. The fourth-order valence-electron chi connectivity index (χ4n) is 3.82. The Balaban J connectivity index is 0.00000420. The van der Waals surface area contributed by atoms with Gasteiger partial charge in [0.05, 0.1) is 18.2 Å². The molecular formula is C26H36N6O6S. The average Bonchev–Trinajstić information content (AvgIpc) is 3.33. The second kappa shape index (κ2) is 14.8. The molecule has 0 aliphatic rings. The largest absolute Gasteiger partial charge is 0.481 e. The third-order valence-electron chi connectivity index (χ3n) is 5.76. The van der Waals surface area contributed by atoms with Gasteiger partial charge in [-0.3, -0.25) is 23.7 Å². The Kier molecular flexibility index (Phi) is 11.2. The molecule has 3 N–H and O–H groups in total.